The van der Waals surface area contributed by atoms with Gasteiger partial charge in [-0.3, -0.25) is 4.79 Å². The van der Waals surface area contributed by atoms with Crippen LogP contribution in [-0.2, 0) is 33.2 Å². The van der Waals surface area contributed by atoms with Gasteiger partial charge >= 0.3 is 0 Å². The first kappa shape index (κ1) is 96.9. The van der Waals surface area contributed by atoms with E-state index >= 15 is 0 Å². The Morgan fingerprint density at radius 1 is 0.349 bits per heavy atom. The van der Waals surface area contributed by atoms with Gasteiger partial charge in [0.15, 0.2) is 18.9 Å². The van der Waals surface area contributed by atoms with Gasteiger partial charge in [-0.2, -0.15) is 0 Å². The van der Waals surface area contributed by atoms with E-state index < -0.39 is 124 Å². The molecule has 19 heteroatoms. The summed E-state index contributed by atoms with van der Waals surface area (Å²) in [7, 11) is 0. The Kier molecular flexibility index (Phi) is 60.6. The second-order valence-corrected chi connectivity index (χ2v) is 29.9. The van der Waals surface area contributed by atoms with Crippen molar-refractivity contribution in [3.05, 3.63) is 97.2 Å². The molecule has 17 atom stereocenters. The topological polar surface area (TPSA) is 307 Å². The smallest absolute Gasteiger partial charge is 0.220 e. The van der Waals surface area contributed by atoms with Crippen molar-refractivity contribution in [3.8, 4) is 0 Å². The number of rotatable bonds is 67. The van der Waals surface area contributed by atoms with Gasteiger partial charge in [-0.25, -0.2) is 0 Å². The van der Waals surface area contributed by atoms with Crippen LogP contribution in [0.25, 0.3) is 0 Å². The number of allylic oxidation sites excluding steroid dienone is 15. The molecule has 0 spiro atoms. The highest BCUT2D eigenvalue weighted by atomic mass is 16.8. The Morgan fingerprint density at radius 3 is 1.06 bits per heavy atom. The van der Waals surface area contributed by atoms with Crippen molar-refractivity contribution in [2.24, 2.45) is 0 Å². The predicted molar refractivity (Wildman–Crippen MR) is 424 cm³/mol. The third kappa shape index (κ3) is 45.3. The number of nitrogens with one attached hydrogen (secondary N) is 1. The highest BCUT2D eigenvalue weighted by Gasteiger charge is 2.54. The zero-order chi connectivity index (χ0) is 76.7. The van der Waals surface area contributed by atoms with Gasteiger partial charge in [-0.15, -0.1) is 0 Å². The zero-order valence-electron chi connectivity index (χ0n) is 65.9. The summed E-state index contributed by atoms with van der Waals surface area (Å²) in [5, 5.41) is 121. The van der Waals surface area contributed by atoms with E-state index in [-0.39, 0.29) is 18.9 Å². The quantitative estimate of drug-likeness (QED) is 0.0199. The third-order valence-corrected chi connectivity index (χ3v) is 20.6. The molecule has 0 saturated carbocycles. The summed E-state index contributed by atoms with van der Waals surface area (Å²) >= 11 is 0. The molecule has 614 valence electrons. The molecular weight excluding hydrogens is 1350 g/mol. The summed E-state index contributed by atoms with van der Waals surface area (Å²) in [5.41, 5.74) is 0. The number of hydrogen-bond acceptors (Lipinski definition) is 18. The van der Waals surface area contributed by atoms with Crippen molar-refractivity contribution in [1.82, 2.24) is 5.32 Å². The number of aliphatic hydroxyl groups is 11. The molecule has 3 heterocycles. The molecule has 17 unspecified atom stereocenters. The molecule has 1 amide bonds. The van der Waals surface area contributed by atoms with E-state index in [1.54, 1.807) is 6.08 Å². The van der Waals surface area contributed by atoms with Crippen LogP contribution in [0.5, 0.6) is 0 Å². The molecule has 0 aromatic carbocycles. The highest BCUT2D eigenvalue weighted by Crippen LogP contribution is 2.33. The van der Waals surface area contributed by atoms with Gasteiger partial charge in [0.25, 0.3) is 0 Å². The van der Waals surface area contributed by atoms with Crippen LogP contribution in [0, 0.1) is 0 Å². The maximum absolute atomic E-state index is 13.5. The van der Waals surface area contributed by atoms with Crippen LogP contribution in [0.1, 0.15) is 316 Å². The van der Waals surface area contributed by atoms with Gasteiger partial charge in [0.2, 0.25) is 5.91 Å². The van der Waals surface area contributed by atoms with Crippen LogP contribution in [-0.4, -0.2) is 193 Å². The van der Waals surface area contributed by atoms with Gasteiger partial charge in [0, 0.05) is 6.42 Å². The van der Waals surface area contributed by atoms with Crippen molar-refractivity contribution in [2.45, 2.75) is 420 Å². The van der Waals surface area contributed by atoms with Crippen molar-refractivity contribution in [3.63, 3.8) is 0 Å². The van der Waals surface area contributed by atoms with Crippen molar-refractivity contribution < 1.29 is 89.4 Å². The molecule has 0 bridgehead atoms. The fourth-order valence-corrected chi connectivity index (χ4v) is 13.8. The molecule has 12 N–H and O–H groups in total. The van der Waals surface area contributed by atoms with Gasteiger partial charge in [0.05, 0.1) is 38.6 Å². The van der Waals surface area contributed by atoms with Crippen LogP contribution in [0.3, 0.4) is 0 Å². The van der Waals surface area contributed by atoms with Gasteiger partial charge in [-0.1, -0.05) is 317 Å². The van der Waals surface area contributed by atoms with Gasteiger partial charge in [0.1, 0.15) is 73.2 Å². The van der Waals surface area contributed by atoms with Crippen molar-refractivity contribution in [1.29, 1.82) is 0 Å². The molecular formula is C87H153NO18. The number of carbonyl (C=O) groups is 1. The maximum atomic E-state index is 13.5. The van der Waals surface area contributed by atoms with E-state index in [9.17, 15) is 61.0 Å². The fourth-order valence-electron chi connectivity index (χ4n) is 13.8. The zero-order valence-corrected chi connectivity index (χ0v) is 65.9. The molecule has 0 aliphatic carbocycles. The van der Waals surface area contributed by atoms with Gasteiger partial charge in [-0.05, 0) is 89.9 Å². The standard InChI is InChI=1S/C87H153NO18/c1-3-5-7-9-11-13-15-17-19-21-23-25-27-29-31-33-34-35-36-37-39-41-43-45-47-49-51-53-55-57-59-61-63-65-75(93)88-70(71(92)64-62-60-58-56-54-52-50-48-46-44-42-40-38-32-30-28-26-24-22-20-18-16-14-12-10-8-6-4-2)69-101-85-81(99)78(96)83(73(67-90)103-85)106-87-82(100)79(97)84(74(68-91)104-87)105-86-80(98)77(95)76(94)72(66-89)102-86/h5,7,11,13,17,19,23,25,29,31,46,48,54,56,62,64,70-74,76-87,89-92,94-100H,3-4,6,8-10,12,14-16,18,20-22,24,26-28,30,32-45,47,49-53,55,57-61,63,65-69H2,1-2H3,(H,88,93)/b7-5-,13-11-,19-17-,25-23-,31-29-,48-46+,56-54+,64-62+. The van der Waals surface area contributed by atoms with E-state index in [1.165, 1.54) is 205 Å². The fraction of sp³-hybridized carbons (Fsp3) is 0.805. The molecule has 0 radical (unpaired) electrons. The molecule has 3 fully saturated rings. The van der Waals surface area contributed by atoms with Crippen LogP contribution in [0.2, 0.25) is 0 Å². The summed E-state index contributed by atoms with van der Waals surface area (Å²) in [5.74, 6) is -0.288. The van der Waals surface area contributed by atoms with Crippen LogP contribution < -0.4 is 5.32 Å². The molecule has 3 rings (SSSR count). The highest BCUT2D eigenvalue weighted by molar-refractivity contribution is 5.76. The van der Waals surface area contributed by atoms with Crippen LogP contribution >= 0.6 is 0 Å². The van der Waals surface area contributed by atoms with Crippen molar-refractivity contribution >= 4 is 5.91 Å². The summed E-state index contributed by atoms with van der Waals surface area (Å²) < 4.78 is 34.5. The molecule has 0 aromatic heterocycles. The number of hydrogen-bond donors (Lipinski definition) is 12. The molecule has 3 aliphatic heterocycles. The van der Waals surface area contributed by atoms with E-state index in [4.69, 9.17) is 28.4 Å². The lowest BCUT2D eigenvalue weighted by Crippen LogP contribution is -2.66. The minimum Gasteiger partial charge on any atom is -0.394 e. The normalized spacial score (nSPS) is 26.1. The second kappa shape index (κ2) is 66.3. The summed E-state index contributed by atoms with van der Waals surface area (Å²) in [6, 6.07) is -1.00. The minimum absolute atomic E-state index is 0.229. The third-order valence-electron chi connectivity index (χ3n) is 20.6. The first-order chi connectivity index (χ1) is 51.8. The van der Waals surface area contributed by atoms with Crippen LogP contribution in [0.15, 0.2) is 97.2 Å². The largest absolute Gasteiger partial charge is 0.394 e. The van der Waals surface area contributed by atoms with Gasteiger partial charge < -0.3 is 89.9 Å². The van der Waals surface area contributed by atoms with Crippen molar-refractivity contribution in [2.75, 3.05) is 26.4 Å². The minimum atomic E-state index is -1.99. The van der Waals surface area contributed by atoms with Crippen LogP contribution in [0.4, 0.5) is 0 Å². The Balaban J connectivity index is 1.37. The molecule has 106 heavy (non-hydrogen) atoms. The molecule has 19 nitrogen and oxygen atoms in total. The number of aliphatic hydroxyl groups excluding tert-OH is 11. The maximum Gasteiger partial charge on any atom is 0.220 e. The number of unbranched alkanes of at least 4 members (excludes halogenated alkanes) is 37. The molecule has 0 aromatic rings. The number of amides is 1. The predicted octanol–water partition coefficient (Wildman–Crippen LogP) is 15.1. The summed E-state index contributed by atoms with van der Waals surface area (Å²) in [6.45, 7) is 1.63. The number of ether oxygens (including phenoxy) is 6. The lowest BCUT2D eigenvalue weighted by atomic mass is 9.96. The van der Waals surface area contributed by atoms with E-state index in [0.29, 0.717) is 12.8 Å². The van der Waals surface area contributed by atoms with E-state index in [1.807, 2.05) is 6.08 Å². The average molecular weight is 1500 g/mol. The number of carbonyl (C=O) groups excluding carboxylic acids is 1. The average Bonchev–Trinajstić information content (AvgIpc) is 0.781. The Hall–Kier alpha value is -3.29. The summed E-state index contributed by atoms with van der Waals surface area (Å²) in [4.78, 5) is 13.5. The Bertz CT molecular complexity index is 2290. The Labute approximate surface area is 641 Å². The first-order valence-electron chi connectivity index (χ1n) is 42.5. The lowest BCUT2D eigenvalue weighted by Gasteiger charge is -2.48. The van der Waals surface area contributed by atoms with E-state index in [0.717, 1.165) is 77.0 Å². The summed E-state index contributed by atoms with van der Waals surface area (Å²) in [6.07, 6.45) is 64.0. The lowest BCUT2D eigenvalue weighted by molar-refractivity contribution is -0.379. The molecule has 3 aliphatic rings. The molecule has 3 saturated heterocycles. The monoisotopic (exact) mass is 1500 g/mol. The van der Waals surface area contributed by atoms with E-state index in [2.05, 4.69) is 104 Å². The second-order valence-electron chi connectivity index (χ2n) is 29.9. The Morgan fingerprint density at radius 2 is 0.660 bits per heavy atom. The SMILES string of the molecule is CC/C=C\C/C=C\C/C=C\C/C=C\C/C=C\CCCCCCCCCCCCCCCCCCCC(=O)NC(COC1OC(CO)C(OC2OC(CO)C(OC3OC(CO)C(O)C(O)C3O)C(O)C2O)C(O)C1O)C(O)/C=C/CC/C=C/CC/C=C/CCCCCCCCCCCCCCCCCCCC. The first-order valence-corrected chi connectivity index (χ1v) is 42.5.